The summed E-state index contributed by atoms with van der Waals surface area (Å²) in [7, 11) is 3.18. The largest absolute Gasteiger partial charge is 0.497 e. The maximum absolute atomic E-state index is 11.6. The molecule has 0 fully saturated rings. The molecule has 0 radical (unpaired) electrons. The lowest BCUT2D eigenvalue weighted by Gasteiger charge is -2.07. The van der Waals surface area contributed by atoms with Crippen molar-refractivity contribution in [3.63, 3.8) is 0 Å². The molecule has 0 saturated carbocycles. The van der Waals surface area contributed by atoms with Gasteiger partial charge < -0.3 is 9.30 Å². The first-order valence-corrected chi connectivity index (χ1v) is 8.81. The van der Waals surface area contributed by atoms with Crippen LogP contribution in [0.4, 0.5) is 0 Å². The Morgan fingerprint density at radius 2 is 1.91 bits per heavy atom. The van der Waals surface area contributed by atoms with E-state index in [1.807, 2.05) is 35.0 Å². The second kappa shape index (κ2) is 5.62. The number of aromatic nitrogens is 2. The molecule has 114 valence electrons. The van der Waals surface area contributed by atoms with Crippen LogP contribution < -0.4 is 4.74 Å². The Hall–Kier alpha value is -2.05. The number of pyridine rings is 1. The van der Waals surface area contributed by atoms with Gasteiger partial charge in [0.05, 0.1) is 12.6 Å². The monoisotopic (exact) mass is 336 g/mol. The summed E-state index contributed by atoms with van der Waals surface area (Å²) in [5.41, 5.74) is 1.84. The minimum Gasteiger partial charge on any atom is -0.497 e. The number of benzene rings is 1. The van der Waals surface area contributed by atoms with Crippen molar-refractivity contribution in [2.24, 2.45) is 0 Å². The SMILES string of the molecule is COc1ccc(Cn2ccc3c(S(=O)(=O)Cl)nccc32)cc1. The third-order valence-electron chi connectivity index (χ3n) is 3.40. The van der Waals surface area contributed by atoms with Crippen LogP contribution in [0.15, 0.2) is 53.8 Å². The molecular weight excluding hydrogens is 324 g/mol. The van der Waals surface area contributed by atoms with Crippen molar-refractivity contribution in [1.82, 2.24) is 9.55 Å². The van der Waals surface area contributed by atoms with Crippen LogP contribution in [-0.2, 0) is 15.6 Å². The normalized spacial score (nSPS) is 11.7. The molecule has 0 unspecified atom stereocenters. The van der Waals surface area contributed by atoms with Crippen molar-refractivity contribution in [3.8, 4) is 5.75 Å². The van der Waals surface area contributed by atoms with Crippen LogP contribution in [0.2, 0.25) is 0 Å². The number of hydrogen-bond donors (Lipinski definition) is 0. The molecule has 0 saturated heterocycles. The van der Waals surface area contributed by atoms with E-state index in [0.717, 1.165) is 16.8 Å². The minimum atomic E-state index is -3.87. The molecule has 0 bridgehead atoms. The van der Waals surface area contributed by atoms with Gasteiger partial charge in [-0.2, -0.15) is 0 Å². The van der Waals surface area contributed by atoms with Crippen LogP contribution in [0.5, 0.6) is 5.75 Å². The lowest BCUT2D eigenvalue weighted by Crippen LogP contribution is -2.00. The van der Waals surface area contributed by atoms with E-state index >= 15 is 0 Å². The van der Waals surface area contributed by atoms with Crippen molar-refractivity contribution < 1.29 is 13.2 Å². The summed E-state index contributed by atoms with van der Waals surface area (Å²) >= 11 is 0. The molecule has 3 aromatic rings. The van der Waals surface area contributed by atoms with Gasteiger partial charge in [-0.25, -0.2) is 13.4 Å². The predicted molar refractivity (Wildman–Crippen MR) is 84.9 cm³/mol. The Bertz CT molecular complexity index is 918. The summed E-state index contributed by atoms with van der Waals surface area (Å²) in [6.45, 7) is 0.610. The quantitative estimate of drug-likeness (QED) is 0.687. The van der Waals surface area contributed by atoms with Crippen LogP contribution in [0.25, 0.3) is 10.9 Å². The molecule has 0 aliphatic rings. The van der Waals surface area contributed by atoms with Gasteiger partial charge in [0.25, 0.3) is 9.05 Å². The molecule has 22 heavy (non-hydrogen) atoms. The van der Waals surface area contributed by atoms with E-state index < -0.39 is 9.05 Å². The van der Waals surface area contributed by atoms with Gasteiger partial charge in [0.1, 0.15) is 5.75 Å². The molecule has 0 spiro atoms. The first kappa shape index (κ1) is 14.9. The van der Waals surface area contributed by atoms with Gasteiger partial charge >= 0.3 is 0 Å². The molecule has 0 amide bonds. The van der Waals surface area contributed by atoms with Crippen LogP contribution in [0, 0.1) is 0 Å². The predicted octanol–water partition coefficient (Wildman–Crippen LogP) is 3.02. The Balaban J connectivity index is 2.01. The van der Waals surface area contributed by atoms with Gasteiger partial charge in [0.15, 0.2) is 5.03 Å². The summed E-state index contributed by atoms with van der Waals surface area (Å²) in [4.78, 5) is 3.87. The molecule has 0 aliphatic carbocycles. The molecular formula is C15H13ClN2O3S. The lowest BCUT2D eigenvalue weighted by atomic mass is 10.2. The number of rotatable bonds is 4. The number of halogens is 1. The fourth-order valence-corrected chi connectivity index (χ4v) is 3.35. The molecule has 0 aliphatic heterocycles. The average Bonchev–Trinajstić information content (AvgIpc) is 2.90. The molecule has 2 aromatic heterocycles. The summed E-state index contributed by atoms with van der Waals surface area (Å²) in [5, 5.41) is 0.408. The van der Waals surface area contributed by atoms with Gasteiger partial charge in [0, 0.05) is 35.0 Å². The Labute approximate surface area is 132 Å². The number of ether oxygens (including phenoxy) is 1. The van der Waals surface area contributed by atoms with Crippen molar-refractivity contribution in [2.75, 3.05) is 7.11 Å². The number of fused-ring (bicyclic) bond motifs is 1. The molecule has 0 N–H and O–H groups in total. The Morgan fingerprint density at radius 3 is 2.55 bits per heavy atom. The van der Waals surface area contributed by atoms with E-state index in [9.17, 15) is 8.42 Å². The van der Waals surface area contributed by atoms with E-state index in [-0.39, 0.29) is 5.03 Å². The lowest BCUT2D eigenvalue weighted by molar-refractivity contribution is 0.414. The summed E-state index contributed by atoms with van der Waals surface area (Å²) < 4.78 is 30.2. The van der Waals surface area contributed by atoms with E-state index in [2.05, 4.69) is 4.98 Å². The zero-order valence-corrected chi connectivity index (χ0v) is 13.3. The molecule has 5 nitrogen and oxygen atoms in total. The standard InChI is InChI=1S/C15H13ClN2O3S/c1-21-12-4-2-11(3-5-12)10-18-9-7-13-14(18)6-8-17-15(13)22(16,19)20/h2-9H,10H2,1H3. The van der Waals surface area contributed by atoms with Gasteiger partial charge in [-0.15, -0.1) is 0 Å². The molecule has 3 rings (SSSR count). The number of methoxy groups -OCH3 is 1. The summed E-state index contributed by atoms with van der Waals surface area (Å²) in [6.07, 6.45) is 3.27. The topological polar surface area (TPSA) is 61.2 Å². The fourth-order valence-electron chi connectivity index (χ4n) is 2.36. The zero-order valence-electron chi connectivity index (χ0n) is 11.7. The number of hydrogen-bond acceptors (Lipinski definition) is 4. The van der Waals surface area contributed by atoms with Crippen LogP contribution >= 0.6 is 10.7 Å². The van der Waals surface area contributed by atoms with Crippen LogP contribution in [0.1, 0.15) is 5.56 Å². The highest BCUT2D eigenvalue weighted by Crippen LogP contribution is 2.25. The van der Waals surface area contributed by atoms with Gasteiger partial charge in [-0.1, -0.05) is 12.1 Å². The van der Waals surface area contributed by atoms with Gasteiger partial charge in [-0.05, 0) is 29.8 Å². The highest BCUT2D eigenvalue weighted by Gasteiger charge is 2.17. The van der Waals surface area contributed by atoms with E-state index in [1.165, 1.54) is 6.20 Å². The maximum Gasteiger partial charge on any atom is 0.279 e. The van der Waals surface area contributed by atoms with Gasteiger partial charge in [0.2, 0.25) is 0 Å². The average molecular weight is 337 g/mol. The molecule has 7 heteroatoms. The van der Waals surface area contributed by atoms with Gasteiger partial charge in [-0.3, -0.25) is 0 Å². The second-order valence-electron chi connectivity index (χ2n) is 4.78. The van der Waals surface area contributed by atoms with Crippen LogP contribution in [0.3, 0.4) is 0 Å². The fraction of sp³-hybridized carbons (Fsp3) is 0.133. The third-order valence-corrected chi connectivity index (χ3v) is 4.63. The zero-order chi connectivity index (χ0) is 15.7. The smallest absolute Gasteiger partial charge is 0.279 e. The Kier molecular flexibility index (Phi) is 3.80. The second-order valence-corrected chi connectivity index (χ2v) is 7.26. The van der Waals surface area contributed by atoms with Crippen molar-refractivity contribution in [2.45, 2.75) is 11.6 Å². The van der Waals surface area contributed by atoms with Crippen molar-refractivity contribution in [3.05, 3.63) is 54.4 Å². The first-order chi connectivity index (χ1) is 10.5. The highest BCUT2D eigenvalue weighted by molar-refractivity contribution is 8.13. The summed E-state index contributed by atoms with van der Waals surface area (Å²) in [6, 6.07) is 11.2. The van der Waals surface area contributed by atoms with E-state index in [1.54, 1.807) is 19.2 Å². The van der Waals surface area contributed by atoms with Crippen molar-refractivity contribution in [1.29, 1.82) is 0 Å². The highest BCUT2D eigenvalue weighted by atomic mass is 35.7. The van der Waals surface area contributed by atoms with Crippen LogP contribution in [-0.4, -0.2) is 25.1 Å². The minimum absolute atomic E-state index is 0.111. The third kappa shape index (κ3) is 2.80. The Morgan fingerprint density at radius 1 is 1.18 bits per heavy atom. The molecule has 2 heterocycles. The number of nitrogens with zero attached hydrogens (tertiary/aromatic N) is 2. The van der Waals surface area contributed by atoms with Crippen molar-refractivity contribution >= 4 is 30.6 Å². The van der Waals surface area contributed by atoms with E-state index in [4.69, 9.17) is 15.4 Å². The molecule has 1 aromatic carbocycles. The van der Waals surface area contributed by atoms with E-state index in [0.29, 0.717) is 11.9 Å². The first-order valence-electron chi connectivity index (χ1n) is 6.50. The molecule has 0 atom stereocenters. The summed E-state index contributed by atoms with van der Waals surface area (Å²) in [5.74, 6) is 0.792. The maximum atomic E-state index is 11.6.